The predicted molar refractivity (Wildman–Crippen MR) is 151 cm³/mol. The quantitative estimate of drug-likeness (QED) is 0.306. The normalized spacial score (nSPS) is 16.9. The lowest BCUT2D eigenvalue weighted by atomic mass is 10.0. The smallest absolute Gasteiger partial charge is 0.412 e. The van der Waals surface area contributed by atoms with Crippen LogP contribution >= 0.6 is 0 Å². The Labute approximate surface area is 239 Å². The van der Waals surface area contributed by atoms with Gasteiger partial charge in [-0.2, -0.15) is 0 Å². The fraction of sp³-hybridized carbons (Fsp3) is 0.281. The van der Waals surface area contributed by atoms with Crippen LogP contribution in [0.3, 0.4) is 0 Å². The Balaban J connectivity index is 1.54. The number of hydrogen-bond acceptors (Lipinski definition) is 7. The number of alkyl carbamates (subject to hydrolysis) is 1. The van der Waals surface area contributed by atoms with E-state index in [1.165, 1.54) is 6.08 Å². The molecule has 2 amide bonds. The zero-order valence-corrected chi connectivity index (χ0v) is 23.2. The van der Waals surface area contributed by atoms with Gasteiger partial charge in [0, 0.05) is 0 Å². The van der Waals surface area contributed by atoms with Crippen molar-refractivity contribution in [2.45, 2.75) is 51.4 Å². The second-order valence-electron chi connectivity index (χ2n) is 10.5. The van der Waals surface area contributed by atoms with Crippen LogP contribution in [0.15, 0.2) is 103 Å². The van der Waals surface area contributed by atoms with Crippen molar-refractivity contribution >= 4 is 18.2 Å². The lowest BCUT2D eigenvalue weighted by Crippen LogP contribution is -2.60. The van der Waals surface area contributed by atoms with Crippen LogP contribution in [-0.4, -0.2) is 52.6 Å². The van der Waals surface area contributed by atoms with Crippen LogP contribution in [0.2, 0.25) is 0 Å². The summed E-state index contributed by atoms with van der Waals surface area (Å²) in [4.78, 5) is 40.3. The van der Waals surface area contributed by atoms with Gasteiger partial charge in [0.05, 0.1) is 12.1 Å². The molecule has 0 bridgehead atoms. The van der Waals surface area contributed by atoms with Gasteiger partial charge in [-0.1, -0.05) is 91.0 Å². The molecule has 1 heterocycles. The van der Waals surface area contributed by atoms with Gasteiger partial charge in [0.2, 0.25) is 0 Å². The Hall–Kier alpha value is -4.63. The van der Waals surface area contributed by atoms with Crippen LogP contribution in [0.5, 0.6) is 0 Å². The average molecular weight is 559 g/mol. The number of benzene rings is 3. The number of aliphatic hydroxyl groups is 1. The van der Waals surface area contributed by atoms with Crippen molar-refractivity contribution in [3.8, 4) is 0 Å². The Bertz CT molecular complexity index is 1320. The molecule has 0 saturated carbocycles. The van der Waals surface area contributed by atoms with Gasteiger partial charge in [-0.05, 0) is 43.5 Å². The van der Waals surface area contributed by atoms with Gasteiger partial charge in [0.25, 0.3) is 0 Å². The van der Waals surface area contributed by atoms with Gasteiger partial charge < -0.3 is 19.3 Å². The van der Waals surface area contributed by atoms with Crippen molar-refractivity contribution in [3.63, 3.8) is 0 Å². The highest BCUT2D eigenvalue weighted by molar-refractivity contribution is 5.90. The van der Waals surface area contributed by atoms with Crippen LogP contribution in [0.1, 0.15) is 43.6 Å². The summed E-state index contributed by atoms with van der Waals surface area (Å²) < 4.78 is 16.7. The second kappa shape index (κ2) is 13.1. The minimum Gasteiger partial charge on any atom is -0.449 e. The third-order valence-electron chi connectivity index (χ3n) is 6.17. The number of hydrogen-bond donors (Lipinski definition) is 2. The van der Waals surface area contributed by atoms with E-state index in [2.05, 4.69) is 5.32 Å². The second-order valence-corrected chi connectivity index (χ2v) is 10.5. The Kier molecular flexibility index (Phi) is 9.41. The van der Waals surface area contributed by atoms with Gasteiger partial charge in [0.1, 0.15) is 24.5 Å². The molecule has 0 aromatic heterocycles. The van der Waals surface area contributed by atoms with Gasteiger partial charge >= 0.3 is 18.2 Å². The first-order valence-corrected chi connectivity index (χ1v) is 13.3. The number of rotatable bonds is 7. The monoisotopic (exact) mass is 558 g/mol. The Morgan fingerprint density at radius 2 is 1.44 bits per heavy atom. The molecular formula is C32H34N2O7. The maximum Gasteiger partial charge on any atom is 0.412 e. The van der Waals surface area contributed by atoms with Gasteiger partial charge in [-0.15, -0.1) is 0 Å². The maximum atomic E-state index is 13.4. The topological polar surface area (TPSA) is 114 Å². The molecule has 0 saturated heterocycles. The van der Waals surface area contributed by atoms with E-state index in [-0.39, 0.29) is 18.7 Å². The predicted octanol–water partition coefficient (Wildman–Crippen LogP) is 5.11. The van der Waals surface area contributed by atoms with Crippen LogP contribution < -0.4 is 5.32 Å². The molecule has 41 heavy (non-hydrogen) atoms. The van der Waals surface area contributed by atoms with Crippen molar-refractivity contribution in [1.29, 1.82) is 0 Å². The third-order valence-corrected chi connectivity index (χ3v) is 6.17. The SMILES string of the molecule is CC(C)(C)OC(=O)N1CC(C(=O)OC(c2ccccc2)c2ccccc2)=C[C@H](O)[C@H]1NC(=O)OCc1ccccc1. The number of carbonyl (C=O) groups excluding carboxylic acids is 3. The molecule has 3 aromatic rings. The number of ether oxygens (including phenoxy) is 3. The van der Waals surface area contributed by atoms with Crippen molar-refractivity contribution in [1.82, 2.24) is 10.2 Å². The molecule has 3 aromatic carbocycles. The van der Waals surface area contributed by atoms with E-state index in [1.807, 2.05) is 78.9 Å². The number of nitrogens with zero attached hydrogens (tertiary/aromatic N) is 1. The van der Waals surface area contributed by atoms with Crippen LogP contribution in [0.25, 0.3) is 0 Å². The first-order chi connectivity index (χ1) is 19.6. The van der Waals surface area contributed by atoms with E-state index in [0.29, 0.717) is 0 Å². The van der Waals surface area contributed by atoms with Gasteiger partial charge in [-0.3, -0.25) is 10.2 Å². The molecule has 0 fully saturated rings. The first-order valence-electron chi connectivity index (χ1n) is 13.3. The Morgan fingerprint density at radius 1 is 0.902 bits per heavy atom. The Morgan fingerprint density at radius 3 is 1.98 bits per heavy atom. The van der Waals surface area contributed by atoms with E-state index in [9.17, 15) is 19.5 Å². The van der Waals surface area contributed by atoms with E-state index in [1.54, 1.807) is 32.9 Å². The highest BCUT2D eigenvalue weighted by Gasteiger charge is 2.39. The van der Waals surface area contributed by atoms with Crippen molar-refractivity contribution in [2.75, 3.05) is 6.54 Å². The summed E-state index contributed by atoms with van der Waals surface area (Å²) in [6, 6.07) is 27.6. The lowest BCUT2D eigenvalue weighted by Gasteiger charge is -2.38. The number of nitrogens with one attached hydrogen (secondary N) is 1. The summed E-state index contributed by atoms with van der Waals surface area (Å²) in [5, 5.41) is 13.5. The summed E-state index contributed by atoms with van der Waals surface area (Å²) in [6.45, 7) is 4.80. The van der Waals surface area contributed by atoms with Crippen LogP contribution in [0, 0.1) is 0 Å². The van der Waals surface area contributed by atoms with Gasteiger partial charge in [0.15, 0.2) is 6.10 Å². The summed E-state index contributed by atoms with van der Waals surface area (Å²) in [5.74, 6) is -0.722. The molecule has 2 N–H and O–H groups in total. The summed E-state index contributed by atoms with van der Waals surface area (Å²) in [6.07, 6.45) is -3.82. The summed E-state index contributed by atoms with van der Waals surface area (Å²) in [7, 11) is 0. The molecule has 0 aliphatic carbocycles. The molecule has 1 aliphatic heterocycles. The average Bonchev–Trinajstić information content (AvgIpc) is 2.96. The standard InChI is InChI=1S/C32H34N2O7/c1-32(2,3)41-31(38)34-20-25(19-26(35)28(34)33-30(37)39-21-22-13-7-4-8-14-22)29(36)40-27(23-15-9-5-10-16-23)24-17-11-6-12-18-24/h4-19,26-28,35H,20-21H2,1-3H3,(H,33,37)/t26-,28-/m0/s1. The maximum absolute atomic E-state index is 13.4. The van der Waals surface area contributed by atoms with E-state index in [4.69, 9.17) is 14.2 Å². The van der Waals surface area contributed by atoms with Crippen molar-refractivity contribution in [2.24, 2.45) is 0 Å². The molecule has 0 unspecified atom stereocenters. The van der Waals surface area contributed by atoms with Crippen LogP contribution in [-0.2, 0) is 25.6 Å². The number of amides is 2. The molecule has 4 rings (SSSR count). The minimum atomic E-state index is -1.45. The molecule has 0 radical (unpaired) electrons. The summed E-state index contributed by atoms with van der Waals surface area (Å²) >= 11 is 0. The minimum absolute atomic E-state index is 0.00426. The molecule has 2 atom stereocenters. The van der Waals surface area contributed by atoms with Crippen molar-refractivity contribution in [3.05, 3.63) is 119 Å². The highest BCUT2D eigenvalue weighted by Crippen LogP contribution is 2.28. The van der Waals surface area contributed by atoms with E-state index < -0.39 is 42.1 Å². The lowest BCUT2D eigenvalue weighted by molar-refractivity contribution is -0.143. The van der Waals surface area contributed by atoms with Crippen LogP contribution in [0.4, 0.5) is 9.59 Å². The molecule has 214 valence electrons. The zero-order valence-electron chi connectivity index (χ0n) is 23.2. The molecule has 9 heteroatoms. The van der Waals surface area contributed by atoms with E-state index in [0.717, 1.165) is 21.6 Å². The largest absolute Gasteiger partial charge is 0.449 e. The number of aliphatic hydroxyl groups excluding tert-OH is 1. The first kappa shape index (κ1) is 29.4. The zero-order chi connectivity index (χ0) is 29.4. The molecule has 1 aliphatic rings. The molecular weight excluding hydrogens is 524 g/mol. The third kappa shape index (κ3) is 8.18. The van der Waals surface area contributed by atoms with E-state index >= 15 is 0 Å². The number of esters is 1. The highest BCUT2D eigenvalue weighted by atomic mass is 16.6. The molecule has 9 nitrogen and oxygen atoms in total. The van der Waals surface area contributed by atoms with Gasteiger partial charge in [-0.25, -0.2) is 14.4 Å². The van der Waals surface area contributed by atoms with Crippen molar-refractivity contribution < 1.29 is 33.7 Å². The summed E-state index contributed by atoms with van der Waals surface area (Å²) in [5.41, 5.74) is 1.46. The molecule has 0 spiro atoms. The number of carbonyl (C=O) groups is 3. The fourth-order valence-electron chi connectivity index (χ4n) is 4.26. The fourth-order valence-corrected chi connectivity index (χ4v) is 4.26.